The zero-order valence-electron chi connectivity index (χ0n) is 53.7. The smallest absolute Gasteiger partial charge is 0.270 e. The summed E-state index contributed by atoms with van der Waals surface area (Å²) in [4.78, 5) is 5.10. The number of fused-ring (bicyclic) bond motifs is 8. The van der Waals surface area contributed by atoms with Gasteiger partial charge in [-0.05, 0) is 140 Å². The number of pyridine rings is 1. The molecule has 3 heterocycles. The quantitative estimate of drug-likeness (QED) is 0.118. The molecule has 0 saturated carbocycles. The normalized spacial score (nSPS) is 18.6. The van der Waals surface area contributed by atoms with Crippen LogP contribution in [0, 0.1) is 6.33 Å². The van der Waals surface area contributed by atoms with Gasteiger partial charge in [0.05, 0.1) is 36.3 Å². The van der Waals surface area contributed by atoms with Gasteiger partial charge in [0.25, 0.3) is 6.33 Å². The lowest BCUT2D eigenvalue weighted by Crippen LogP contribution is -2.34. The Morgan fingerprint density at radius 1 is 0.603 bits per heavy atom. The van der Waals surface area contributed by atoms with Crippen LogP contribution >= 0.6 is 0 Å². The molecule has 7 aromatic carbocycles. The van der Waals surface area contributed by atoms with E-state index in [9.17, 15) is 5.48 Å². The van der Waals surface area contributed by atoms with Crippen molar-refractivity contribution in [2.45, 2.75) is 129 Å². The van der Waals surface area contributed by atoms with Gasteiger partial charge in [-0.25, -0.2) is 0 Å². The Morgan fingerprint density at radius 3 is 1.88 bits per heavy atom. The first-order valence-electron chi connectivity index (χ1n) is 30.5. The highest BCUT2D eigenvalue weighted by Crippen LogP contribution is 2.51. The molecule has 0 radical (unpaired) electrons. The molecule has 0 saturated heterocycles. The van der Waals surface area contributed by atoms with Gasteiger partial charge in [-0.1, -0.05) is 185 Å². The van der Waals surface area contributed by atoms with Crippen LogP contribution < -0.4 is 9.30 Å². The summed E-state index contributed by atoms with van der Waals surface area (Å²) in [7, 11) is 0. The van der Waals surface area contributed by atoms with E-state index in [1.54, 1.807) is 22.8 Å². The molecule has 10 aromatic rings. The van der Waals surface area contributed by atoms with Gasteiger partial charge >= 0.3 is 0 Å². The molecule has 0 aliphatic heterocycles. The largest absolute Gasteiger partial charge is 0.460 e. The van der Waals surface area contributed by atoms with Crippen LogP contribution in [-0.4, -0.2) is 9.55 Å². The summed E-state index contributed by atoms with van der Waals surface area (Å²) in [6.45, 7) is 24.8. The van der Waals surface area contributed by atoms with Gasteiger partial charge in [0.1, 0.15) is 28.2 Å². The van der Waals surface area contributed by atoms with Gasteiger partial charge in [0.15, 0.2) is 0 Å². The van der Waals surface area contributed by atoms with Gasteiger partial charge in [0, 0.05) is 28.1 Å². The van der Waals surface area contributed by atoms with Gasteiger partial charge in [0.2, 0.25) is 0 Å². The molecule has 0 unspecified atom stereocenters. The molecule has 5 heteroatoms. The van der Waals surface area contributed by atoms with Crippen molar-refractivity contribution in [3.05, 3.63) is 192 Å². The molecular weight excluding hydrogens is 891 g/mol. The zero-order chi connectivity index (χ0) is 59.5. The first-order valence-corrected chi connectivity index (χ1v) is 25.5. The molecule has 0 N–H and O–H groups in total. The van der Waals surface area contributed by atoms with Crippen LogP contribution in [0.1, 0.15) is 143 Å². The molecule has 3 aromatic heterocycles. The van der Waals surface area contributed by atoms with Crippen molar-refractivity contribution in [1.29, 1.82) is 0 Å². The molecule has 2 aliphatic carbocycles. The van der Waals surface area contributed by atoms with Crippen LogP contribution in [0.4, 0.5) is 0 Å². The van der Waals surface area contributed by atoms with Crippen molar-refractivity contribution in [3.63, 3.8) is 0 Å². The van der Waals surface area contributed by atoms with E-state index in [2.05, 4.69) is 119 Å². The number of benzene rings is 7. The minimum Gasteiger partial charge on any atom is -0.460 e. The van der Waals surface area contributed by atoms with E-state index < -0.39 is 60.4 Å². The van der Waals surface area contributed by atoms with Crippen molar-refractivity contribution >= 4 is 33.0 Å². The molecule has 12 rings (SSSR count). The minimum atomic E-state index is -0.576. The fourth-order valence-corrected chi connectivity index (χ4v) is 11.6. The van der Waals surface area contributed by atoms with Crippen LogP contribution in [0.15, 0.2) is 162 Å². The number of rotatable bonds is 7. The maximum atomic E-state index is 9.35. The standard InChI is InChI=1S/C68H67N3O2/c1-64(2,3)46-36-45(57-40-55-56(41-69-57)67(8,9)33-32-66(55,6)7)37-49(38-46)72-48-25-18-24-47(39-48)70-42-71(60-50(43-20-14-12-15-21-43)26-19-27-51(60)44-22-16-13-17-23-44)61-58(70)31-29-53-52-28-30-54-59(62(52)73-63(53)61)68(10,11)35-34-65(54,4)5/h12-31,36-41H,32-35H2,1-11H3/i12D,13D,14D,15D,16D,17D,20D,21D,22D,23D. The molecule has 0 amide bonds. The SMILES string of the molecule is [2H]c1c([2H])c([2H])c(-c2cccc(-c3c([2H])c([2H])c([2H])c([2H])c3[2H])c2-n2[c-][n+](-c3cccc(Oc4cc(-c5cc6c(cn5)C(C)(C)CCC6(C)C)cc(C(C)(C)C)c4)c3)c3ccc4c5ccc6c(c5oc4c32)C(C)(C)CCC6(C)C)c([2H])c1[2H]. The Kier molecular flexibility index (Phi) is 8.35. The monoisotopic (exact) mass is 968 g/mol. The Bertz CT molecular complexity index is 4280. The molecule has 0 fully saturated rings. The summed E-state index contributed by atoms with van der Waals surface area (Å²) in [5, 5.41) is 1.67. The lowest BCUT2D eigenvalue weighted by molar-refractivity contribution is -0.572. The Labute approximate surface area is 445 Å². The summed E-state index contributed by atoms with van der Waals surface area (Å²) in [5.74, 6) is 1.14. The minimum absolute atomic E-state index is 0.0111. The Balaban J connectivity index is 1.13. The summed E-state index contributed by atoms with van der Waals surface area (Å²) in [6, 6.07) is 24.1. The number of aromatic nitrogens is 3. The average molecular weight is 968 g/mol. The second-order valence-electron chi connectivity index (χ2n) is 24.0. The average Bonchev–Trinajstić information content (AvgIpc) is 1.70. The van der Waals surface area contributed by atoms with Crippen LogP contribution in [0.2, 0.25) is 0 Å². The van der Waals surface area contributed by atoms with Crippen molar-refractivity contribution in [3.8, 4) is 56.4 Å². The van der Waals surface area contributed by atoms with Crippen LogP contribution in [0.25, 0.3) is 77.9 Å². The Morgan fingerprint density at radius 2 is 1.21 bits per heavy atom. The lowest BCUT2D eigenvalue weighted by Gasteiger charge is -2.41. The molecular formula is C68H67N3O2. The lowest BCUT2D eigenvalue weighted by atomic mass is 9.63. The number of furan rings is 1. The van der Waals surface area contributed by atoms with E-state index in [4.69, 9.17) is 22.4 Å². The highest BCUT2D eigenvalue weighted by molar-refractivity contribution is 6.14. The van der Waals surface area contributed by atoms with Crippen molar-refractivity contribution in [2.24, 2.45) is 0 Å². The van der Waals surface area contributed by atoms with Gasteiger partial charge in [-0.2, -0.15) is 0 Å². The summed E-state index contributed by atoms with van der Waals surface area (Å²) in [5.41, 5.74) is 10.1. The number of para-hydroxylation sites is 1. The van der Waals surface area contributed by atoms with E-state index in [-0.39, 0.29) is 55.0 Å². The number of ether oxygens (including phenoxy) is 1. The summed E-state index contributed by atoms with van der Waals surface area (Å²) in [6.07, 6.45) is 9.76. The van der Waals surface area contributed by atoms with E-state index in [0.717, 1.165) is 64.4 Å². The highest BCUT2D eigenvalue weighted by atomic mass is 16.5. The third-order valence-corrected chi connectivity index (χ3v) is 16.1. The predicted molar refractivity (Wildman–Crippen MR) is 301 cm³/mol. The topological polar surface area (TPSA) is 44.1 Å². The van der Waals surface area contributed by atoms with Gasteiger partial charge < -0.3 is 9.15 Å². The highest BCUT2D eigenvalue weighted by Gasteiger charge is 2.40. The van der Waals surface area contributed by atoms with E-state index in [0.29, 0.717) is 33.8 Å². The Hall–Kier alpha value is -7.24. The van der Waals surface area contributed by atoms with Crippen LogP contribution in [-0.2, 0) is 27.1 Å². The van der Waals surface area contributed by atoms with Crippen LogP contribution in [0.5, 0.6) is 11.5 Å². The maximum Gasteiger partial charge on any atom is 0.270 e. The van der Waals surface area contributed by atoms with E-state index >= 15 is 0 Å². The molecule has 5 nitrogen and oxygen atoms in total. The van der Waals surface area contributed by atoms with Crippen LogP contribution in [0.3, 0.4) is 0 Å². The third-order valence-electron chi connectivity index (χ3n) is 16.1. The fraction of sp³-hybridized carbons (Fsp3) is 0.294. The second-order valence-corrected chi connectivity index (χ2v) is 24.0. The molecule has 0 spiro atoms. The first-order chi connectivity index (χ1) is 38.9. The fourth-order valence-electron chi connectivity index (χ4n) is 11.6. The van der Waals surface area contributed by atoms with Gasteiger partial charge in [-0.15, -0.1) is 0 Å². The molecule has 0 atom stereocenters. The predicted octanol–water partition coefficient (Wildman–Crippen LogP) is 17.8. The molecule has 73 heavy (non-hydrogen) atoms. The summed E-state index contributed by atoms with van der Waals surface area (Å²) < 4.78 is 108. The third kappa shape index (κ3) is 7.89. The zero-order valence-corrected chi connectivity index (χ0v) is 43.7. The van der Waals surface area contributed by atoms with E-state index in [1.165, 1.54) is 16.7 Å². The molecule has 2 aliphatic rings. The van der Waals surface area contributed by atoms with Crippen molar-refractivity contribution < 1.29 is 27.4 Å². The number of hydrogen-bond acceptors (Lipinski definition) is 3. The number of hydrogen-bond donors (Lipinski definition) is 0. The van der Waals surface area contributed by atoms with E-state index in [1.807, 2.05) is 47.0 Å². The van der Waals surface area contributed by atoms with Gasteiger partial charge in [-0.3, -0.25) is 14.1 Å². The van der Waals surface area contributed by atoms with Crippen molar-refractivity contribution in [1.82, 2.24) is 9.55 Å². The number of nitrogens with zero attached hydrogens (tertiary/aromatic N) is 3. The number of imidazole rings is 1. The first kappa shape index (κ1) is 36.6. The second kappa shape index (κ2) is 16.6. The summed E-state index contributed by atoms with van der Waals surface area (Å²) >= 11 is 0. The molecule has 0 bridgehead atoms. The maximum absolute atomic E-state index is 9.35. The van der Waals surface area contributed by atoms with Crippen molar-refractivity contribution in [2.75, 3.05) is 0 Å². The molecule has 366 valence electrons.